The van der Waals surface area contributed by atoms with E-state index in [1.165, 1.54) is 0 Å². The normalized spacial score (nSPS) is 11.1. The van der Waals surface area contributed by atoms with E-state index in [9.17, 15) is 9.59 Å². The maximum absolute atomic E-state index is 12.7. The van der Waals surface area contributed by atoms with Crippen molar-refractivity contribution in [1.82, 2.24) is 14.4 Å². The minimum atomic E-state index is -0.645. The lowest BCUT2D eigenvalue weighted by Crippen LogP contribution is -2.12. The second-order valence-electron chi connectivity index (χ2n) is 6.12. The molecule has 0 bridgehead atoms. The topological polar surface area (TPSA) is 85.7 Å². The maximum Gasteiger partial charge on any atom is 0.364 e. The van der Waals surface area contributed by atoms with Crippen LogP contribution in [-0.4, -0.2) is 32.9 Å². The fraction of sp³-hybridized carbons (Fsp3) is 0.150. The van der Waals surface area contributed by atoms with Crippen molar-refractivity contribution >= 4 is 40.1 Å². The molecular formula is C20H16ClN3O4. The summed E-state index contributed by atoms with van der Waals surface area (Å²) in [6.45, 7) is 3.80. The summed E-state index contributed by atoms with van der Waals surface area (Å²) in [5, 5.41) is 0.674. The van der Waals surface area contributed by atoms with Crippen molar-refractivity contribution in [2.75, 3.05) is 6.61 Å². The Morgan fingerprint density at radius 3 is 2.82 bits per heavy atom. The molecule has 0 aliphatic heterocycles. The molecule has 8 heteroatoms. The molecule has 0 fully saturated rings. The van der Waals surface area contributed by atoms with Gasteiger partial charge in [0.2, 0.25) is 0 Å². The van der Waals surface area contributed by atoms with E-state index in [1.54, 1.807) is 60.8 Å². The first-order valence-electron chi connectivity index (χ1n) is 8.63. The van der Waals surface area contributed by atoms with Gasteiger partial charge in [0.15, 0.2) is 10.8 Å². The van der Waals surface area contributed by atoms with Gasteiger partial charge in [-0.2, -0.15) is 0 Å². The molecule has 0 radical (unpaired) electrons. The number of halogens is 1. The number of aryl methyl sites for hydroxylation is 1. The highest BCUT2D eigenvalue weighted by molar-refractivity contribution is 6.32. The number of rotatable bonds is 4. The number of pyridine rings is 1. The van der Waals surface area contributed by atoms with Gasteiger partial charge in [0.05, 0.1) is 12.2 Å². The van der Waals surface area contributed by atoms with Crippen molar-refractivity contribution in [3.05, 3.63) is 64.7 Å². The number of fused-ring (bicyclic) bond motifs is 2. The summed E-state index contributed by atoms with van der Waals surface area (Å²) in [4.78, 5) is 32.3. The van der Waals surface area contributed by atoms with E-state index in [1.807, 2.05) is 0 Å². The molecule has 0 amide bonds. The molecule has 0 atom stereocenters. The zero-order valence-electron chi connectivity index (χ0n) is 15.2. The van der Waals surface area contributed by atoms with Crippen LogP contribution in [0.4, 0.5) is 0 Å². The Balaban J connectivity index is 1.71. The predicted molar refractivity (Wildman–Crippen MR) is 104 cm³/mol. The molecule has 4 rings (SSSR count). The number of ether oxygens (including phenoxy) is 2. The number of H-pyrrole nitrogens is 1. The van der Waals surface area contributed by atoms with E-state index >= 15 is 0 Å². The first kappa shape index (κ1) is 18.1. The predicted octanol–water partition coefficient (Wildman–Crippen LogP) is 4.17. The fourth-order valence-corrected chi connectivity index (χ4v) is 3.40. The van der Waals surface area contributed by atoms with Gasteiger partial charge in [-0.05, 0) is 44.2 Å². The van der Waals surface area contributed by atoms with Gasteiger partial charge in [0.25, 0.3) is 0 Å². The Morgan fingerprint density at radius 1 is 1.21 bits per heavy atom. The zero-order chi connectivity index (χ0) is 19.8. The third-order valence-corrected chi connectivity index (χ3v) is 4.59. The van der Waals surface area contributed by atoms with Crippen LogP contribution in [0.15, 0.2) is 42.6 Å². The zero-order valence-corrected chi connectivity index (χ0v) is 15.9. The van der Waals surface area contributed by atoms with Crippen LogP contribution in [0.25, 0.3) is 16.6 Å². The number of nitrogens with one attached hydrogen (secondary N) is 1. The number of carbonyl (C=O) groups excluding carboxylic acids is 2. The van der Waals surface area contributed by atoms with Crippen molar-refractivity contribution in [3.63, 3.8) is 0 Å². The largest absolute Gasteiger partial charge is 0.462 e. The lowest BCUT2D eigenvalue weighted by atomic mass is 10.1. The smallest absolute Gasteiger partial charge is 0.364 e. The highest BCUT2D eigenvalue weighted by atomic mass is 35.5. The number of benzene rings is 1. The number of nitrogens with zero attached hydrogens (tertiary/aromatic N) is 2. The van der Waals surface area contributed by atoms with Gasteiger partial charge in [-0.1, -0.05) is 17.7 Å². The lowest BCUT2D eigenvalue weighted by Gasteiger charge is -2.06. The highest BCUT2D eigenvalue weighted by Crippen LogP contribution is 2.28. The van der Waals surface area contributed by atoms with E-state index in [0.29, 0.717) is 22.3 Å². The van der Waals surface area contributed by atoms with Gasteiger partial charge in [-0.15, -0.1) is 0 Å². The minimum absolute atomic E-state index is 0.0574. The third kappa shape index (κ3) is 2.99. The van der Waals surface area contributed by atoms with Crippen LogP contribution >= 0.6 is 11.6 Å². The summed E-state index contributed by atoms with van der Waals surface area (Å²) in [7, 11) is 0. The Labute approximate surface area is 164 Å². The molecule has 7 nitrogen and oxygen atoms in total. The number of hydrogen-bond acceptors (Lipinski definition) is 5. The summed E-state index contributed by atoms with van der Waals surface area (Å²) in [5.74, 6) is -0.795. The monoisotopic (exact) mass is 397 g/mol. The van der Waals surface area contributed by atoms with E-state index in [-0.39, 0.29) is 23.2 Å². The van der Waals surface area contributed by atoms with Crippen molar-refractivity contribution in [3.8, 4) is 5.75 Å². The van der Waals surface area contributed by atoms with Crippen molar-refractivity contribution in [2.45, 2.75) is 13.8 Å². The molecule has 0 aliphatic rings. The van der Waals surface area contributed by atoms with Gasteiger partial charge in [-0.25, -0.2) is 14.6 Å². The van der Waals surface area contributed by atoms with Crippen LogP contribution in [0.3, 0.4) is 0 Å². The minimum Gasteiger partial charge on any atom is -0.462 e. The second-order valence-corrected chi connectivity index (χ2v) is 6.48. The molecule has 3 aromatic heterocycles. The average Bonchev–Trinajstić information content (AvgIpc) is 3.16. The van der Waals surface area contributed by atoms with Gasteiger partial charge >= 0.3 is 11.9 Å². The molecule has 0 saturated carbocycles. The van der Waals surface area contributed by atoms with E-state index < -0.39 is 11.9 Å². The first-order valence-corrected chi connectivity index (χ1v) is 9.01. The number of aromatic nitrogens is 3. The van der Waals surface area contributed by atoms with Crippen LogP contribution in [0.2, 0.25) is 5.15 Å². The molecule has 1 aromatic carbocycles. The summed E-state index contributed by atoms with van der Waals surface area (Å²) in [6.07, 6.45) is 1.68. The Morgan fingerprint density at radius 2 is 2.04 bits per heavy atom. The first-order chi connectivity index (χ1) is 13.5. The summed E-state index contributed by atoms with van der Waals surface area (Å²) < 4.78 is 12.2. The van der Waals surface area contributed by atoms with Crippen LogP contribution in [0, 0.1) is 6.92 Å². The van der Waals surface area contributed by atoms with Crippen molar-refractivity contribution in [2.24, 2.45) is 0 Å². The molecule has 0 saturated heterocycles. The SMILES string of the molecule is CCOC(=O)c1c(C)[nH]c2ccc(OC(=O)c3c(Cl)nc4ccccn34)cc12. The fourth-order valence-electron chi connectivity index (χ4n) is 3.14. The third-order valence-electron chi connectivity index (χ3n) is 4.33. The Bertz CT molecular complexity index is 1230. The van der Waals surface area contributed by atoms with E-state index in [0.717, 1.165) is 5.52 Å². The molecule has 1 N–H and O–H groups in total. The quantitative estimate of drug-likeness (QED) is 0.412. The maximum atomic E-state index is 12.7. The molecule has 0 aliphatic carbocycles. The number of esters is 2. The molecule has 0 unspecified atom stereocenters. The number of hydrogen-bond donors (Lipinski definition) is 1. The van der Waals surface area contributed by atoms with Crippen molar-refractivity contribution < 1.29 is 19.1 Å². The molecule has 142 valence electrons. The summed E-state index contributed by atoms with van der Waals surface area (Å²) in [5.41, 5.74) is 2.52. The number of carbonyl (C=O) groups is 2. The molecule has 28 heavy (non-hydrogen) atoms. The number of imidazole rings is 1. The standard InChI is InChI=1S/C20H16ClN3O4/c1-3-27-19(25)16-11(2)22-14-8-7-12(10-13(14)16)28-20(26)17-18(21)23-15-6-4-5-9-24(15)17/h4-10,22H,3H2,1-2H3. The van der Waals surface area contributed by atoms with Gasteiger partial charge in [0, 0.05) is 22.8 Å². The molecule has 0 spiro atoms. The van der Waals surface area contributed by atoms with Crippen LogP contribution in [0.1, 0.15) is 33.5 Å². The van der Waals surface area contributed by atoms with Crippen molar-refractivity contribution in [1.29, 1.82) is 0 Å². The number of aromatic amines is 1. The van der Waals surface area contributed by atoms with Crippen LogP contribution in [-0.2, 0) is 4.74 Å². The van der Waals surface area contributed by atoms with Gasteiger partial charge in [0.1, 0.15) is 11.4 Å². The summed E-state index contributed by atoms with van der Waals surface area (Å²) in [6, 6.07) is 10.3. The molecule has 3 heterocycles. The van der Waals surface area contributed by atoms with Crippen LogP contribution < -0.4 is 4.74 Å². The van der Waals surface area contributed by atoms with Gasteiger partial charge < -0.3 is 14.5 Å². The van der Waals surface area contributed by atoms with Gasteiger partial charge in [-0.3, -0.25) is 4.40 Å². The lowest BCUT2D eigenvalue weighted by molar-refractivity contribution is 0.0527. The second kappa shape index (κ2) is 7.01. The molecular weight excluding hydrogens is 382 g/mol. The van der Waals surface area contributed by atoms with E-state index in [2.05, 4.69) is 9.97 Å². The van der Waals surface area contributed by atoms with Crippen LogP contribution in [0.5, 0.6) is 5.75 Å². The average molecular weight is 398 g/mol. The Kier molecular flexibility index (Phi) is 4.52. The summed E-state index contributed by atoms with van der Waals surface area (Å²) >= 11 is 6.13. The van der Waals surface area contributed by atoms with E-state index in [4.69, 9.17) is 21.1 Å². The molecule has 4 aromatic rings. The highest BCUT2D eigenvalue weighted by Gasteiger charge is 2.22. The Hall–Kier alpha value is -3.32.